The van der Waals surface area contributed by atoms with Crippen LogP contribution in [0, 0.1) is 18.3 Å². The molecule has 1 N–H and O–H groups in total. The van der Waals surface area contributed by atoms with Gasteiger partial charge < -0.3 is 14.6 Å². The number of rotatable bonds is 4. The van der Waals surface area contributed by atoms with Crippen LogP contribution in [0.15, 0.2) is 28.7 Å². The predicted octanol–water partition coefficient (Wildman–Crippen LogP) is 3.59. The summed E-state index contributed by atoms with van der Waals surface area (Å²) in [6, 6.07) is 9.92. The van der Waals surface area contributed by atoms with E-state index in [1.807, 2.05) is 42.8 Å². The molecule has 0 aliphatic rings. The van der Waals surface area contributed by atoms with E-state index >= 15 is 0 Å². The van der Waals surface area contributed by atoms with Gasteiger partial charge >= 0.3 is 0 Å². The molecule has 20 heavy (non-hydrogen) atoms. The van der Waals surface area contributed by atoms with Crippen molar-refractivity contribution < 1.29 is 4.74 Å². The molecule has 1 aromatic carbocycles. The Hall–Kier alpha value is -1.93. The van der Waals surface area contributed by atoms with Gasteiger partial charge in [-0.25, -0.2) is 0 Å². The summed E-state index contributed by atoms with van der Waals surface area (Å²) in [5.74, 6) is 0.794. The minimum atomic E-state index is 0.647. The van der Waals surface area contributed by atoms with E-state index in [0.29, 0.717) is 12.2 Å². The molecule has 0 aliphatic heterocycles. The molecule has 0 spiro atoms. The smallest absolute Gasteiger partial charge is 0.142 e. The van der Waals surface area contributed by atoms with Gasteiger partial charge in [0.2, 0.25) is 0 Å². The molecule has 0 radical (unpaired) electrons. The van der Waals surface area contributed by atoms with E-state index < -0.39 is 0 Å². The Kier molecular flexibility index (Phi) is 4.35. The Labute approximate surface area is 127 Å². The van der Waals surface area contributed by atoms with E-state index in [1.165, 1.54) is 0 Å². The number of hydrogen-bond donors (Lipinski definition) is 1. The van der Waals surface area contributed by atoms with E-state index in [1.54, 1.807) is 7.11 Å². The van der Waals surface area contributed by atoms with E-state index in [-0.39, 0.29) is 0 Å². The maximum absolute atomic E-state index is 9.04. The van der Waals surface area contributed by atoms with Crippen LogP contribution >= 0.6 is 15.9 Å². The van der Waals surface area contributed by atoms with Crippen LogP contribution in [0.3, 0.4) is 0 Å². The number of aromatic nitrogens is 1. The third-order valence-corrected chi connectivity index (χ3v) is 3.88. The number of ether oxygens (including phenoxy) is 1. The molecular formula is C15H16BrN3O. The van der Waals surface area contributed by atoms with E-state index in [4.69, 9.17) is 10.00 Å². The molecule has 1 aromatic heterocycles. The highest BCUT2D eigenvalue weighted by Crippen LogP contribution is 2.28. The van der Waals surface area contributed by atoms with Crippen molar-refractivity contribution in [1.29, 1.82) is 5.26 Å². The van der Waals surface area contributed by atoms with Crippen molar-refractivity contribution in [3.8, 4) is 11.8 Å². The number of nitrogens with zero attached hydrogens (tertiary/aromatic N) is 2. The van der Waals surface area contributed by atoms with Gasteiger partial charge in [-0.05, 0) is 36.8 Å². The maximum Gasteiger partial charge on any atom is 0.142 e. The highest BCUT2D eigenvalue weighted by molar-refractivity contribution is 9.10. The molecule has 0 atom stereocenters. The van der Waals surface area contributed by atoms with Gasteiger partial charge in [0.1, 0.15) is 17.5 Å². The molecule has 0 unspecified atom stereocenters. The van der Waals surface area contributed by atoms with Crippen LogP contribution in [0.5, 0.6) is 5.75 Å². The van der Waals surface area contributed by atoms with Crippen molar-refractivity contribution in [3.63, 3.8) is 0 Å². The minimum Gasteiger partial charge on any atom is -0.495 e. The number of methoxy groups -OCH3 is 1. The molecule has 0 amide bonds. The largest absolute Gasteiger partial charge is 0.495 e. The first kappa shape index (κ1) is 14.5. The van der Waals surface area contributed by atoms with Crippen LogP contribution in [0.1, 0.15) is 17.0 Å². The van der Waals surface area contributed by atoms with Crippen LogP contribution in [0.4, 0.5) is 5.69 Å². The van der Waals surface area contributed by atoms with Crippen LogP contribution in [-0.2, 0) is 13.6 Å². The Morgan fingerprint density at radius 3 is 2.75 bits per heavy atom. The number of halogens is 1. The standard InChI is InChI=1S/C15H16BrN3O/c1-10-11(6-13(8-17)19(10)2)9-18-14-7-12(16)4-5-15(14)20-3/h4-7,18H,9H2,1-3H3. The molecule has 5 heteroatoms. The second-order valence-electron chi connectivity index (χ2n) is 4.51. The van der Waals surface area contributed by atoms with Gasteiger partial charge in [0.15, 0.2) is 0 Å². The van der Waals surface area contributed by atoms with Gasteiger partial charge in [-0.15, -0.1) is 0 Å². The van der Waals surface area contributed by atoms with E-state index in [9.17, 15) is 0 Å². The molecule has 2 aromatic rings. The lowest BCUT2D eigenvalue weighted by Gasteiger charge is -2.11. The fourth-order valence-corrected chi connectivity index (χ4v) is 2.42. The monoisotopic (exact) mass is 333 g/mol. The topological polar surface area (TPSA) is 50.0 Å². The molecule has 104 valence electrons. The number of hydrogen-bond acceptors (Lipinski definition) is 3. The fourth-order valence-electron chi connectivity index (χ4n) is 2.06. The zero-order valence-electron chi connectivity index (χ0n) is 11.7. The SMILES string of the molecule is COc1ccc(Br)cc1NCc1cc(C#N)n(C)c1C. The van der Waals surface area contributed by atoms with Crippen molar-refractivity contribution in [1.82, 2.24) is 4.57 Å². The lowest BCUT2D eigenvalue weighted by Crippen LogP contribution is -2.03. The lowest BCUT2D eigenvalue weighted by atomic mass is 10.2. The van der Waals surface area contributed by atoms with Crippen LogP contribution in [0.2, 0.25) is 0 Å². The summed E-state index contributed by atoms with van der Waals surface area (Å²) in [6.45, 7) is 2.66. The average molecular weight is 334 g/mol. The number of benzene rings is 1. The fraction of sp³-hybridized carbons (Fsp3) is 0.267. The highest BCUT2D eigenvalue weighted by Gasteiger charge is 2.09. The van der Waals surface area contributed by atoms with Gasteiger partial charge in [0.25, 0.3) is 0 Å². The summed E-state index contributed by atoms with van der Waals surface area (Å²) in [6.07, 6.45) is 0. The summed E-state index contributed by atoms with van der Waals surface area (Å²) >= 11 is 3.45. The second kappa shape index (κ2) is 6.02. The van der Waals surface area contributed by atoms with Gasteiger partial charge in [0.05, 0.1) is 12.8 Å². The predicted molar refractivity (Wildman–Crippen MR) is 82.9 cm³/mol. The molecule has 0 aliphatic carbocycles. The number of nitrogens with one attached hydrogen (secondary N) is 1. The third kappa shape index (κ3) is 2.81. The third-order valence-electron chi connectivity index (χ3n) is 3.39. The van der Waals surface area contributed by atoms with Crippen LogP contribution in [0.25, 0.3) is 0 Å². The maximum atomic E-state index is 9.04. The molecule has 0 saturated heterocycles. The molecule has 0 bridgehead atoms. The summed E-state index contributed by atoms with van der Waals surface area (Å²) < 4.78 is 8.22. The normalized spacial score (nSPS) is 10.2. The lowest BCUT2D eigenvalue weighted by molar-refractivity contribution is 0.416. The van der Waals surface area contributed by atoms with E-state index in [2.05, 4.69) is 27.3 Å². The van der Waals surface area contributed by atoms with Gasteiger partial charge in [0, 0.05) is 23.8 Å². The molecule has 0 fully saturated rings. The zero-order valence-corrected chi connectivity index (χ0v) is 13.3. The zero-order chi connectivity index (χ0) is 14.7. The minimum absolute atomic E-state index is 0.647. The molecule has 4 nitrogen and oxygen atoms in total. The summed E-state index contributed by atoms with van der Waals surface area (Å²) in [7, 11) is 3.55. The Morgan fingerprint density at radius 2 is 2.15 bits per heavy atom. The quantitative estimate of drug-likeness (QED) is 0.930. The first-order chi connectivity index (χ1) is 9.56. The van der Waals surface area contributed by atoms with Crippen LogP contribution < -0.4 is 10.1 Å². The first-order valence-electron chi connectivity index (χ1n) is 6.19. The first-order valence-corrected chi connectivity index (χ1v) is 6.98. The van der Waals surface area contributed by atoms with Gasteiger partial charge in [-0.1, -0.05) is 15.9 Å². The van der Waals surface area contributed by atoms with Crippen molar-refractivity contribution in [2.24, 2.45) is 7.05 Å². The van der Waals surface area contributed by atoms with Crippen molar-refractivity contribution in [2.75, 3.05) is 12.4 Å². The van der Waals surface area contributed by atoms with Crippen molar-refractivity contribution >= 4 is 21.6 Å². The summed E-state index contributed by atoms with van der Waals surface area (Å²) in [5, 5.41) is 12.4. The Morgan fingerprint density at radius 1 is 1.40 bits per heavy atom. The highest BCUT2D eigenvalue weighted by atomic mass is 79.9. The summed E-state index contributed by atoms with van der Waals surface area (Å²) in [4.78, 5) is 0. The van der Waals surface area contributed by atoms with Crippen molar-refractivity contribution in [2.45, 2.75) is 13.5 Å². The van der Waals surface area contributed by atoms with Gasteiger partial charge in [-0.2, -0.15) is 5.26 Å². The van der Waals surface area contributed by atoms with Gasteiger partial charge in [-0.3, -0.25) is 0 Å². The Bertz CT molecular complexity index is 670. The van der Waals surface area contributed by atoms with Crippen molar-refractivity contribution in [3.05, 3.63) is 45.7 Å². The summed E-state index contributed by atoms with van der Waals surface area (Å²) in [5.41, 5.74) is 3.78. The molecular weight excluding hydrogens is 318 g/mol. The molecule has 1 heterocycles. The average Bonchev–Trinajstić information content (AvgIpc) is 2.72. The number of anilines is 1. The second-order valence-corrected chi connectivity index (χ2v) is 5.42. The molecule has 2 rings (SSSR count). The molecule has 0 saturated carbocycles. The van der Waals surface area contributed by atoms with Crippen LogP contribution in [-0.4, -0.2) is 11.7 Å². The Balaban J connectivity index is 2.21. The van der Waals surface area contributed by atoms with E-state index in [0.717, 1.165) is 27.2 Å². The number of nitriles is 1.